The average molecular weight is 1500 g/mol. The van der Waals surface area contributed by atoms with Crippen LogP contribution in [0.3, 0.4) is 0 Å². The number of aromatic nitrogens is 1. The van der Waals surface area contributed by atoms with Crippen molar-refractivity contribution < 1.29 is 71.9 Å². The van der Waals surface area contributed by atoms with Crippen molar-refractivity contribution in [2.75, 3.05) is 64.5 Å². The van der Waals surface area contributed by atoms with Crippen LogP contribution in [0.1, 0.15) is 215 Å². The van der Waals surface area contributed by atoms with Gasteiger partial charge in [-0.1, -0.05) is 106 Å². The van der Waals surface area contributed by atoms with E-state index in [2.05, 4.69) is 41.4 Å². The number of azo groups is 2. The zero-order valence-corrected chi connectivity index (χ0v) is 58.7. The zero-order chi connectivity index (χ0) is 73.2. The van der Waals surface area contributed by atoms with Crippen molar-refractivity contribution in [1.82, 2.24) is 15.2 Å². The highest BCUT2D eigenvalue weighted by atomic mass is 32.2. The number of imide groups is 4. The van der Waals surface area contributed by atoms with Gasteiger partial charge in [0.2, 0.25) is 65.0 Å². The summed E-state index contributed by atoms with van der Waals surface area (Å²) in [6.07, 6.45) is 10.6. The number of benzene rings is 3. The number of nitrogens with one attached hydrogen (secondary N) is 3. The lowest BCUT2D eigenvalue weighted by Gasteiger charge is -2.14. The summed E-state index contributed by atoms with van der Waals surface area (Å²) in [5.74, 6) is -1.21. The third-order valence-corrected chi connectivity index (χ3v) is 15.5. The van der Waals surface area contributed by atoms with Gasteiger partial charge in [-0.15, -0.1) is 10.2 Å². The lowest BCUT2D eigenvalue weighted by Crippen LogP contribution is -2.35. The van der Waals surface area contributed by atoms with Crippen molar-refractivity contribution >= 4 is 134 Å². The van der Waals surface area contributed by atoms with Crippen molar-refractivity contribution in [1.29, 1.82) is 0 Å². The Hall–Kier alpha value is -9.99. The summed E-state index contributed by atoms with van der Waals surface area (Å²) in [5, 5.41) is 22.0. The fourth-order valence-corrected chi connectivity index (χ4v) is 10.1. The van der Waals surface area contributed by atoms with Crippen molar-refractivity contribution in [3.05, 3.63) is 102 Å². The van der Waals surface area contributed by atoms with Crippen LogP contribution >= 0.6 is 11.8 Å². The first-order valence-corrected chi connectivity index (χ1v) is 33.4. The SMILES string of the molecule is C.C.C.C.C.C.C.C.CC(=O)CCCCCNC(=O)CCN1C(=O)CC(C)C1=O.CC(=O)CCCc1ccc(N2C(=O)CC(C)C2=O)cc1.CC(=O)Nc1ccc(N2C(=O)CC(C)C2=O)cc1.CC(=O)Nc1ccc(N2C(=O)CC(C)C2=O)cc1.CN=NC(=O)CCSC.CN=Nc1ccc(C(C)=O)cn1. The van der Waals surface area contributed by atoms with Crippen molar-refractivity contribution in [3.63, 3.8) is 0 Å². The van der Waals surface area contributed by atoms with Gasteiger partial charge in [0.05, 0.1) is 17.1 Å². The number of anilines is 5. The van der Waals surface area contributed by atoms with Gasteiger partial charge in [0.15, 0.2) is 11.6 Å². The van der Waals surface area contributed by atoms with E-state index in [0.29, 0.717) is 72.0 Å². The maximum Gasteiger partial charge on any atom is 0.265 e. The molecule has 5 heterocycles. The maximum atomic E-state index is 11.9. The number of rotatable bonds is 23. The predicted octanol–water partition coefficient (Wildman–Crippen LogP) is 15.1. The third kappa shape index (κ3) is 37.1. The Kier molecular flexibility index (Phi) is 56.0. The van der Waals surface area contributed by atoms with Crippen molar-refractivity contribution in [2.24, 2.45) is 44.1 Å². The summed E-state index contributed by atoms with van der Waals surface area (Å²) in [4.78, 5) is 179. The highest BCUT2D eigenvalue weighted by Gasteiger charge is 2.39. The Morgan fingerprint density at radius 1 is 0.481 bits per heavy atom. The average Bonchev–Trinajstić information content (AvgIpc) is 1.68. The molecule has 1 aromatic heterocycles. The molecule has 0 saturated carbocycles. The van der Waals surface area contributed by atoms with E-state index in [0.717, 1.165) is 43.4 Å². The second kappa shape index (κ2) is 55.5. The summed E-state index contributed by atoms with van der Waals surface area (Å²) in [7, 11) is 3.07. The van der Waals surface area contributed by atoms with E-state index in [4.69, 9.17) is 0 Å². The second-order valence-corrected chi connectivity index (χ2v) is 24.5. The fraction of sp³-hybridized carbons (Fsp3) is 0.513. The molecule has 4 aromatic rings. The molecule has 28 heteroatoms. The number of ketones is 3. The number of hydrogen-bond acceptors (Lipinski definition) is 20. The van der Waals surface area contributed by atoms with Crippen LogP contribution in [-0.4, -0.2) is 137 Å². The number of hydrogen-bond donors (Lipinski definition) is 3. The summed E-state index contributed by atoms with van der Waals surface area (Å²) in [6.45, 7) is 15.2. The number of pyridine rings is 1. The number of aryl methyl sites for hydroxylation is 1. The number of unbranched alkanes of at least 4 members (excludes halogenated alkanes) is 2. The molecule has 3 N–H and O–H groups in total. The van der Waals surface area contributed by atoms with Crippen LogP contribution in [0.4, 0.5) is 34.3 Å². The highest BCUT2D eigenvalue weighted by molar-refractivity contribution is 7.98. The second-order valence-electron chi connectivity index (χ2n) is 23.5. The van der Waals surface area contributed by atoms with Gasteiger partial charge >= 0.3 is 0 Å². The number of carbonyl (C=O) groups is 15. The van der Waals surface area contributed by atoms with Crippen LogP contribution in [0.2, 0.25) is 0 Å². The molecule has 106 heavy (non-hydrogen) atoms. The van der Waals surface area contributed by atoms with Gasteiger partial charge in [0.25, 0.3) is 5.91 Å². The Bertz CT molecular complexity index is 3450. The number of thioether (sulfide) groups is 1. The van der Waals surface area contributed by atoms with E-state index in [-0.39, 0.29) is 204 Å². The first-order chi connectivity index (χ1) is 46.4. The molecule has 4 unspecified atom stereocenters. The molecular formula is C78H122N12O15S. The largest absolute Gasteiger partial charge is 0.356 e. The van der Waals surface area contributed by atoms with Crippen LogP contribution in [0, 0.1) is 23.7 Å². The standard InChI is InChI=1S/C16H19NO3.C15H24N2O4.2C13H14N2O3.C8H9N3O.C5H10N2OS.8CH4/c1-11-10-15(19)17(16(11)20)14-8-6-13(7-9-14)5-3-4-12(2)18;1-11-10-14(20)17(15(11)21)9-7-13(19)16-8-5-3-4-6-12(2)18;2*1-8-7-12(17)15(13(8)18)11-5-3-10(4-6-11)14-9(2)16;1-6(12)7-3-4-8(10-5-7)11-9-2;1-6-7-5(8)3-4-9-2;;;;;;;;/h6-9,11H,3-5,10H2,1-2H3;11H,3-10H2,1-2H3,(H,16,19);2*3-6,8H,7H2,1-2H3,(H,14,16);3-5H,1-2H3;3-4H2,1-2H3;8*1H4. The molecule has 4 aliphatic rings. The number of amides is 12. The summed E-state index contributed by atoms with van der Waals surface area (Å²) >= 11 is 1.63. The molecule has 4 fully saturated rings. The number of nitrogens with zero attached hydrogens (tertiary/aromatic N) is 9. The van der Waals surface area contributed by atoms with E-state index < -0.39 is 0 Å². The molecule has 4 saturated heterocycles. The fourth-order valence-electron chi connectivity index (χ4n) is 9.71. The van der Waals surface area contributed by atoms with Gasteiger partial charge in [-0.2, -0.15) is 22.0 Å². The van der Waals surface area contributed by atoms with E-state index >= 15 is 0 Å². The summed E-state index contributed by atoms with van der Waals surface area (Å²) in [6, 6.07) is 24.0. The third-order valence-electron chi connectivity index (χ3n) is 14.8. The van der Waals surface area contributed by atoms with Crippen LogP contribution in [-0.2, 0) is 73.5 Å². The molecule has 4 atom stereocenters. The minimum absolute atomic E-state index is 0. The normalized spacial score (nSPS) is 15.7. The van der Waals surface area contributed by atoms with Gasteiger partial charge in [0.1, 0.15) is 11.6 Å². The van der Waals surface area contributed by atoms with Gasteiger partial charge < -0.3 is 25.5 Å². The predicted molar refractivity (Wildman–Crippen MR) is 425 cm³/mol. The minimum atomic E-state index is -0.262. The van der Waals surface area contributed by atoms with Crippen LogP contribution in [0.5, 0.6) is 0 Å². The van der Waals surface area contributed by atoms with Crippen molar-refractivity contribution in [3.8, 4) is 0 Å². The lowest BCUT2D eigenvalue weighted by atomic mass is 10.1. The van der Waals surface area contributed by atoms with Crippen LogP contribution in [0.15, 0.2) is 112 Å². The van der Waals surface area contributed by atoms with E-state index in [9.17, 15) is 71.9 Å². The molecule has 0 spiro atoms. The van der Waals surface area contributed by atoms with Gasteiger partial charge in [-0.05, 0) is 131 Å². The molecule has 12 amide bonds. The number of Topliss-reactive ketones (excluding diaryl/α,β-unsaturated/α-hetero) is 3. The van der Waals surface area contributed by atoms with Crippen LogP contribution in [0.25, 0.3) is 0 Å². The quantitative estimate of drug-likeness (QED) is 0.0269. The van der Waals surface area contributed by atoms with Gasteiger partial charge in [0, 0.05) is 145 Å². The molecule has 0 radical (unpaired) electrons. The molecule has 4 aliphatic heterocycles. The molecule has 3 aromatic carbocycles. The molecule has 590 valence electrons. The van der Waals surface area contributed by atoms with Gasteiger partial charge in [-0.3, -0.25) is 81.9 Å². The van der Waals surface area contributed by atoms with Gasteiger partial charge in [-0.25, -0.2) is 4.98 Å². The minimum Gasteiger partial charge on any atom is -0.356 e. The Labute approximate surface area is 634 Å². The maximum absolute atomic E-state index is 11.9. The molecule has 8 rings (SSSR count). The Balaban J connectivity index is -0.000000283. The van der Waals surface area contributed by atoms with E-state index in [1.165, 1.54) is 53.6 Å². The number of carbonyl (C=O) groups excluding carboxylic acids is 15. The molecular weight excluding hydrogens is 1380 g/mol. The van der Waals surface area contributed by atoms with Crippen LogP contribution < -0.4 is 30.7 Å². The van der Waals surface area contributed by atoms with E-state index in [1.54, 1.807) is 133 Å². The smallest absolute Gasteiger partial charge is 0.265 e. The molecule has 27 nitrogen and oxygen atoms in total. The highest BCUT2D eigenvalue weighted by Crippen LogP contribution is 2.30. The monoisotopic (exact) mass is 1500 g/mol. The molecule has 0 aliphatic carbocycles. The Morgan fingerprint density at radius 2 is 0.887 bits per heavy atom. The summed E-state index contributed by atoms with van der Waals surface area (Å²) in [5.41, 5.74) is 4.70. The first-order valence-electron chi connectivity index (χ1n) is 32.1. The Morgan fingerprint density at radius 3 is 1.22 bits per heavy atom. The van der Waals surface area contributed by atoms with E-state index in [1.807, 2.05) is 18.4 Å². The number of likely N-dealkylation sites (tertiary alicyclic amines) is 1. The van der Waals surface area contributed by atoms with Crippen molar-refractivity contribution in [2.45, 2.75) is 205 Å². The lowest BCUT2D eigenvalue weighted by molar-refractivity contribution is -0.140. The zero-order valence-electron chi connectivity index (χ0n) is 57.8. The topological polar surface area (TPSA) is 367 Å². The summed E-state index contributed by atoms with van der Waals surface area (Å²) < 4.78 is 0. The molecule has 0 bridgehead atoms. The first kappa shape index (κ1) is 107.